The largest absolute Gasteiger partial charge is 0.359 e. The minimum absolute atomic E-state index is 0.555. The van der Waals surface area contributed by atoms with Crippen molar-refractivity contribution in [1.82, 2.24) is 0 Å². The molecule has 0 saturated heterocycles. The first-order valence-electron chi connectivity index (χ1n) is 8.62. The van der Waals surface area contributed by atoms with Crippen LogP contribution >= 0.6 is 0 Å². The van der Waals surface area contributed by atoms with Gasteiger partial charge in [0.1, 0.15) is 0 Å². The van der Waals surface area contributed by atoms with Crippen molar-refractivity contribution in [3.63, 3.8) is 0 Å². The maximum absolute atomic E-state index is 4.15. The Morgan fingerprint density at radius 2 is 1.96 bits per heavy atom. The van der Waals surface area contributed by atoms with Crippen molar-refractivity contribution in [3.05, 3.63) is 79.1 Å². The van der Waals surface area contributed by atoms with Crippen LogP contribution in [0.2, 0.25) is 0 Å². The first-order valence-corrected chi connectivity index (χ1v) is 8.62. The van der Waals surface area contributed by atoms with Gasteiger partial charge in [-0.1, -0.05) is 75.9 Å². The van der Waals surface area contributed by atoms with Gasteiger partial charge in [-0.2, -0.15) is 0 Å². The Hall–Kier alpha value is -2.02. The van der Waals surface area contributed by atoms with E-state index in [1.807, 2.05) is 12.2 Å². The van der Waals surface area contributed by atoms with Crippen molar-refractivity contribution in [2.45, 2.75) is 51.9 Å². The first-order chi connectivity index (χ1) is 11.1. The third-order valence-electron chi connectivity index (χ3n) is 3.72. The molecule has 23 heavy (non-hydrogen) atoms. The molecule has 0 amide bonds. The van der Waals surface area contributed by atoms with Gasteiger partial charge in [0, 0.05) is 11.4 Å². The van der Waals surface area contributed by atoms with E-state index in [0.29, 0.717) is 5.92 Å². The summed E-state index contributed by atoms with van der Waals surface area (Å²) in [5, 5.41) is 3.44. The second-order valence-electron chi connectivity index (χ2n) is 6.16. The average molecular weight is 309 g/mol. The molecule has 0 spiro atoms. The van der Waals surface area contributed by atoms with E-state index in [2.05, 4.69) is 68.7 Å². The molecule has 1 rings (SSSR count). The number of unbranched alkanes of at least 4 members (excludes halogenated alkanes) is 3. The maximum Gasteiger partial charge on any atom is 0.0384 e. The topological polar surface area (TPSA) is 12.0 Å². The monoisotopic (exact) mass is 309 g/mol. The fourth-order valence-electron chi connectivity index (χ4n) is 2.34. The number of rotatable bonds is 11. The molecule has 0 saturated carbocycles. The predicted molar refractivity (Wildman–Crippen MR) is 105 cm³/mol. The van der Waals surface area contributed by atoms with E-state index in [4.69, 9.17) is 0 Å². The van der Waals surface area contributed by atoms with Crippen LogP contribution in [-0.2, 0) is 0 Å². The van der Waals surface area contributed by atoms with Crippen LogP contribution < -0.4 is 5.32 Å². The molecule has 0 aliphatic carbocycles. The van der Waals surface area contributed by atoms with Crippen molar-refractivity contribution in [3.8, 4) is 0 Å². The van der Waals surface area contributed by atoms with Gasteiger partial charge < -0.3 is 5.32 Å². The zero-order valence-corrected chi connectivity index (χ0v) is 14.7. The SMILES string of the molecule is C=C/C=C\C=C/CCCCCC(=C)Nc1cccc(C(C)C)c1. The Balaban J connectivity index is 2.20. The van der Waals surface area contributed by atoms with Gasteiger partial charge in [-0.25, -0.2) is 0 Å². The van der Waals surface area contributed by atoms with Gasteiger partial charge in [-0.3, -0.25) is 0 Å². The fraction of sp³-hybridized carbons (Fsp3) is 0.364. The lowest BCUT2D eigenvalue weighted by Gasteiger charge is -2.12. The number of benzene rings is 1. The molecule has 0 aliphatic heterocycles. The van der Waals surface area contributed by atoms with Gasteiger partial charge in [0.05, 0.1) is 0 Å². The van der Waals surface area contributed by atoms with Crippen LogP contribution in [0, 0.1) is 0 Å². The predicted octanol–water partition coefficient (Wildman–Crippen LogP) is 6.98. The molecule has 0 heterocycles. The number of hydrogen-bond donors (Lipinski definition) is 1. The number of hydrogen-bond acceptors (Lipinski definition) is 1. The van der Waals surface area contributed by atoms with Crippen molar-refractivity contribution < 1.29 is 0 Å². The molecule has 0 atom stereocenters. The normalized spacial score (nSPS) is 11.4. The third-order valence-corrected chi connectivity index (χ3v) is 3.72. The Morgan fingerprint density at radius 1 is 1.13 bits per heavy atom. The van der Waals surface area contributed by atoms with Crippen LogP contribution in [0.3, 0.4) is 0 Å². The molecule has 0 aromatic heterocycles. The van der Waals surface area contributed by atoms with Crippen LogP contribution in [0.1, 0.15) is 57.4 Å². The molecule has 1 aromatic rings. The summed E-state index contributed by atoms with van der Waals surface area (Å²) in [4.78, 5) is 0. The summed E-state index contributed by atoms with van der Waals surface area (Å²) < 4.78 is 0. The molecule has 1 heteroatoms. The molecule has 124 valence electrons. The first kappa shape index (κ1) is 19.0. The van der Waals surface area contributed by atoms with Crippen molar-refractivity contribution >= 4 is 5.69 Å². The molecule has 0 aliphatic rings. The maximum atomic E-state index is 4.15. The summed E-state index contributed by atoms with van der Waals surface area (Å²) in [7, 11) is 0. The minimum Gasteiger partial charge on any atom is -0.359 e. The van der Waals surface area contributed by atoms with Crippen LogP contribution in [0.15, 0.2) is 73.5 Å². The zero-order valence-electron chi connectivity index (χ0n) is 14.7. The van der Waals surface area contributed by atoms with E-state index in [0.717, 1.165) is 24.2 Å². The third kappa shape index (κ3) is 8.87. The molecule has 0 radical (unpaired) electrons. The molecule has 0 fully saturated rings. The summed E-state index contributed by atoms with van der Waals surface area (Å²) >= 11 is 0. The van der Waals surface area contributed by atoms with Gasteiger partial charge in [-0.05, 0) is 49.3 Å². The highest BCUT2D eigenvalue weighted by Gasteiger charge is 2.01. The Kier molecular flexibility index (Phi) is 9.54. The van der Waals surface area contributed by atoms with E-state index in [9.17, 15) is 0 Å². The van der Waals surface area contributed by atoms with Crippen molar-refractivity contribution in [1.29, 1.82) is 0 Å². The van der Waals surface area contributed by atoms with Gasteiger partial charge >= 0.3 is 0 Å². The summed E-state index contributed by atoms with van der Waals surface area (Å²) in [6.45, 7) is 12.2. The van der Waals surface area contributed by atoms with E-state index in [1.54, 1.807) is 6.08 Å². The number of nitrogens with one attached hydrogen (secondary N) is 1. The molecular weight excluding hydrogens is 278 g/mol. The van der Waals surface area contributed by atoms with E-state index < -0.39 is 0 Å². The standard InChI is InChI=1S/C22H31N/c1-5-6-7-8-9-10-11-12-13-15-20(4)23-22-17-14-16-21(18-22)19(2)3/h5-9,14,16-19,23H,1,4,10-13,15H2,2-3H3/b7-6-,9-8-. The molecule has 1 nitrogen and oxygen atoms in total. The Bertz CT molecular complexity index is 535. The lowest BCUT2D eigenvalue weighted by Crippen LogP contribution is -1.99. The van der Waals surface area contributed by atoms with E-state index in [1.165, 1.54) is 24.8 Å². The second kappa shape index (κ2) is 11.5. The summed E-state index contributed by atoms with van der Waals surface area (Å²) in [6, 6.07) is 8.62. The highest BCUT2D eigenvalue weighted by molar-refractivity contribution is 5.50. The van der Waals surface area contributed by atoms with Crippen molar-refractivity contribution in [2.75, 3.05) is 5.32 Å². The molecular formula is C22H31N. The molecule has 0 unspecified atom stereocenters. The van der Waals surface area contributed by atoms with E-state index in [-0.39, 0.29) is 0 Å². The molecule has 0 bridgehead atoms. The number of anilines is 1. The smallest absolute Gasteiger partial charge is 0.0384 e. The van der Waals surface area contributed by atoms with Crippen LogP contribution in [0.25, 0.3) is 0 Å². The number of allylic oxidation sites excluding steroid dienone is 6. The van der Waals surface area contributed by atoms with Gasteiger partial charge in [0.15, 0.2) is 0 Å². The van der Waals surface area contributed by atoms with Crippen LogP contribution in [-0.4, -0.2) is 0 Å². The summed E-state index contributed by atoms with van der Waals surface area (Å²) in [5.41, 5.74) is 3.62. The summed E-state index contributed by atoms with van der Waals surface area (Å²) in [5.74, 6) is 0.555. The van der Waals surface area contributed by atoms with Crippen LogP contribution in [0.5, 0.6) is 0 Å². The lowest BCUT2D eigenvalue weighted by molar-refractivity contribution is 0.686. The van der Waals surface area contributed by atoms with Crippen LogP contribution in [0.4, 0.5) is 5.69 Å². The lowest BCUT2D eigenvalue weighted by atomic mass is 10.0. The highest BCUT2D eigenvalue weighted by Crippen LogP contribution is 2.20. The zero-order chi connectivity index (χ0) is 16.9. The Morgan fingerprint density at radius 3 is 2.70 bits per heavy atom. The van der Waals surface area contributed by atoms with Crippen molar-refractivity contribution in [2.24, 2.45) is 0 Å². The van der Waals surface area contributed by atoms with Gasteiger partial charge in [0.25, 0.3) is 0 Å². The fourth-order valence-corrected chi connectivity index (χ4v) is 2.34. The van der Waals surface area contributed by atoms with Gasteiger partial charge in [0.2, 0.25) is 0 Å². The second-order valence-corrected chi connectivity index (χ2v) is 6.16. The highest BCUT2D eigenvalue weighted by atomic mass is 14.9. The van der Waals surface area contributed by atoms with Gasteiger partial charge in [-0.15, -0.1) is 0 Å². The minimum atomic E-state index is 0.555. The quantitative estimate of drug-likeness (QED) is 0.343. The Labute approximate surface area is 142 Å². The average Bonchev–Trinajstić information content (AvgIpc) is 2.53. The molecule has 1 N–H and O–H groups in total. The van der Waals surface area contributed by atoms with E-state index >= 15 is 0 Å². The summed E-state index contributed by atoms with van der Waals surface area (Å²) in [6.07, 6.45) is 15.9. The molecule has 1 aromatic carbocycles.